The maximum Gasteiger partial charge on any atom is 0.225 e. The van der Waals surface area contributed by atoms with Gasteiger partial charge < -0.3 is 10.2 Å². The van der Waals surface area contributed by atoms with Gasteiger partial charge in [0.25, 0.3) is 0 Å². The molecule has 0 saturated carbocycles. The molecule has 1 fully saturated rings. The molecule has 122 valence electrons. The van der Waals surface area contributed by atoms with Crippen LogP contribution in [0.25, 0.3) is 0 Å². The molecule has 1 N–H and O–H groups in total. The molecule has 1 atom stereocenters. The number of likely N-dealkylation sites (tertiary alicyclic amines) is 1. The van der Waals surface area contributed by atoms with Crippen LogP contribution in [0.3, 0.4) is 0 Å². The molecule has 1 unspecified atom stereocenters. The van der Waals surface area contributed by atoms with Crippen LogP contribution in [0.4, 0.5) is 5.69 Å². The van der Waals surface area contributed by atoms with Crippen molar-refractivity contribution >= 4 is 11.6 Å². The molecule has 1 aliphatic heterocycles. The number of nitrogens with one attached hydrogen (secondary N) is 1. The first-order valence-corrected chi connectivity index (χ1v) is 8.59. The Bertz CT molecular complexity index is 510. The first-order chi connectivity index (χ1) is 10.5. The second-order valence-corrected chi connectivity index (χ2v) is 7.04. The lowest BCUT2D eigenvalue weighted by Gasteiger charge is -2.30. The van der Waals surface area contributed by atoms with E-state index in [0.717, 1.165) is 36.8 Å². The lowest BCUT2D eigenvalue weighted by atomic mass is 9.98. The molecule has 1 aliphatic rings. The summed E-state index contributed by atoms with van der Waals surface area (Å²) in [7, 11) is 0. The number of hydrogen-bond acceptors (Lipinski definition) is 2. The monoisotopic (exact) mass is 302 g/mol. The average Bonchev–Trinajstić information content (AvgIpc) is 2.47. The average molecular weight is 302 g/mol. The molecular formula is C19H30N2O. The topological polar surface area (TPSA) is 32.3 Å². The number of piperidine rings is 1. The number of carbonyl (C=O) groups is 1. The number of carbonyl (C=O) groups excluding carboxylic acids is 1. The van der Waals surface area contributed by atoms with Gasteiger partial charge in [0.15, 0.2) is 0 Å². The number of amides is 1. The lowest BCUT2D eigenvalue weighted by molar-refractivity contribution is -0.116. The molecule has 1 aromatic rings. The predicted octanol–water partition coefficient (Wildman–Crippen LogP) is 4.18. The Balaban J connectivity index is 1.92. The van der Waals surface area contributed by atoms with E-state index in [1.54, 1.807) is 0 Å². The fraction of sp³-hybridized carbons (Fsp3) is 0.632. The van der Waals surface area contributed by atoms with Crippen LogP contribution in [0.1, 0.15) is 57.1 Å². The van der Waals surface area contributed by atoms with Gasteiger partial charge in [-0.15, -0.1) is 0 Å². The van der Waals surface area contributed by atoms with Crippen molar-refractivity contribution in [1.29, 1.82) is 0 Å². The molecule has 0 spiro atoms. The summed E-state index contributed by atoms with van der Waals surface area (Å²) >= 11 is 0. The first-order valence-electron chi connectivity index (χ1n) is 8.59. The van der Waals surface area contributed by atoms with E-state index in [-0.39, 0.29) is 5.91 Å². The standard InChI is InChI=1S/C19H30N2O/c1-14(2)17-9-5-8-16(4)19(17)20-18(22)10-12-21-11-6-7-15(3)13-21/h5,8-9,14-15H,6-7,10-13H2,1-4H3,(H,20,22). The van der Waals surface area contributed by atoms with E-state index < -0.39 is 0 Å². The number of anilines is 1. The maximum absolute atomic E-state index is 12.3. The lowest BCUT2D eigenvalue weighted by Crippen LogP contribution is -2.36. The van der Waals surface area contributed by atoms with E-state index in [4.69, 9.17) is 0 Å². The van der Waals surface area contributed by atoms with Crippen molar-refractivity contribution in [1.82, 2.24) is 4.90 Å². The highest BCUT2D eigenvalue weighted by atomic mass is 16.1. The minimum atomic E-state index is 0.134. The van der Waals surface area contributed by atoms with E-state index in [1.165, 1.54) is 18.4 Å². The maximum atomic E-state index is 12.3. The molecule has 0 radical (unpaired) electrons. The molecule has 3 heteroatoms. The summed E-state index contributed by atoms with van der Waals surface area (Å²) in [5.74, 6) is 1.31. The Morgan fingerprint density at radius 1 is 1.41 bits per heavy atom. The van der Waals surface area contributed by atoms with Gasteiger partial charge in [0, 0.05) is 25.2 Å². The molecule has 0 aliphatic carbocycles. The van der Waals surface area contributed by atoms with Crippen LogP contribution >= 0.6 is 0 Å². The minimum absolute atomic E-state index is 0.134. The third-order valence-corrected chi connectivity index (χ3v) is 4.59. The Morgan fingerprint density at radius 2 is 2.18 bits per heavy atom. The number of aryl methyl sites for hydroxylation is 1. The molecule has 0 bridgehead atoms. The third-order valence-electron chi connectivity index (χ3n) is 4.59. The van der Waals surface area contributed by atoms with Crippen molar-refractivity contribution in [3.63, 3.8) is 0 Å². The highest BCUT2D eigenvalue weighted by Gasteiger charge is 2.17. The van der Waals surface area contributed by atoms with Crippen LogP contribution in [-0.4, -0.2) is 30.4 Å². The minimum Gasteiger partial charge on any atom is -0.326 e. The van der Waals surface area contributed by atoms with Gasteiger partial charge in [0.1, 0.15) is 0 Å². The number of rotatable bonds is 5. The van der Waals surface area contributed by atoms with Gasteiger partial charge in [-0.2, -0.15) is 0 Å². The van der Waals surface area contributed by atoms with Gasteiger partial charge >= 0.3 is 0 Å². The van der Waals surface area contributed by atoms with Crippen LogP contribution in [-0.2, 0) is 4.79 Å². The van der Waals surface area contributed by atoms with E-state index >= 15 is 0 Å². The fourth-order valence-corrected chi connectivity index (χ4v) is 3.29. The van der Waals surface area contributed by atoms with Crippen molar-refractivity contribution < 1.29 is 4.79 Å². The fourth-order valence-electron chi connectivity index (χ4n) is 3.29. The molecule has 0 aromatic heterocycles. The molecule has 1 aromatic carbocycles. The Morgan fingerprint density at radius 3 is 2.86 bits per heavy atom. The van der Waals surface area contributed by atoms with Crippen molar-refractivity contribution in [2.75, 3.05) is 25.0 Å². The van der Waals surface area contributed by atoms with Gasteiger partial charge in [0.05, 0.1) is 0 Å². The zero-order valence-electron chi connectivity index (χ0n) is 14.5. The summed E-state index contributed by atoms with van der Waals surface area (Å²) < 4.78 is 0. The second-order valence-electron chi connectivity index (χ2n) is 7.04. The molecule has 2 rings (SSSR count). The number of benzene rings is 1. The van der Waals surface area contributed by atoms with E-state index in [1.807, 2.05) is 0 Å². The normalized spacial score (nSPS) is 19.4. The number of para-hydroxylation sites is 1. The van der Waals surface area contributed by atoms with Crippen LogP contribution < -0.4 is 5.32 Å². The highest BCUT2D eigenvalue weighted by molar-refractivity contribution is 5.92. The highest BCUT2D eigenvalue weighted by Crippen LogP contribution is 2.27. The van der Waals surface area contributed by atoms with Gasteiger partial charge in [0.2, 0.25) is 5.91 Å². The third kappa shape index (κ3) is 4.57. The largest absolute Gasteiger partial charge is 0.326 e. The summed E-state index contributed by atoms with van der Waals surface area (Å²) in [4.78, 5) is 14.8. The second kappa shape index (κ2) is 7.77. The SMILES string of the molecule is Cc1cccc(C(C)C)c1NC(=O)CCN1CCCC(C)C1. The van der Waals surface area contributed by atoms with Gasteiger partial charge in [-0.05, 0) is 49.3 Å². The Hall–Kier alpha value is -1.35. The molecular weight excluding hydrogens is 272 g/mol. The van der Waals surface area contributed by atoms with Crippen molar-refractivity contribution in [3.8, 4) is 0 Å². The zero-order chi connectivity index (χ0) is 16.1. The summed E-state index contributed by atoms with van der Waals surface area (Å²) in [6.07, 6.45) is 3.17. The van der Waals surface area contributed by atoms with Crippen molar-refractivity contribution in [2.24, 2.45) is 5.92 Å². The van der Waals surface area contributed by atoms with Gasteiger partial charge in [-0.25, -0.2) is 0 Å². The van der Waals surface area contributed by atoms with Gasteiger partial charge in [-0.1, -0.05) is 39.0 Å². The summed E-state index contributed by atoms with van der Waals surface area (Å²) in [5, 5.41) is 3.15. The summed E-state index contributed by atoms with van der Waals surface area (Å²) in [6.45, 7) is 11.8. The van der Waals surface area contributed by atoms with Crippen molar-refractivity contribution in [2.45, 2.75) is 52.9 Å². The van der Waals surface area contributed by atoms with Crippen LogP contribution in [0.15, 0.2) is 18.2 Å². The number of hydrogen-bond donors (Lipinski definition) is 1. The molecule has 1 heterocycles. The van der Waals surface area contributed by atoms with Crippen LogP contribution in [0, 0.1) is 12.8 Å². The van der Waals surface area contributed by atoms with E-state index in [0.29, 0.717) is 12.3 Å². The molecule has 22 heavy (non-hydrogen) atoms. The first kappa shape index (κ1) is 17.0. The van der Waals surface area contributed by atoms with Gasteiger partial charge in [-0.3, -0.25) is 4.79 Å². The summed E-state index contributed by atoms with van der Waals surface area (Å²) in [6, 6.07) is 6.24. The molecule has 1 amide bonds. The quantitative estimate of drug-likeness (QED) is 0.885. The van der Waals surface area contributed by atoms with Crippen molar-refractivity contribution in [3.05, 3.63) is 29.3 Å². The predicted molar refractivity (Wildman–Crippen MR) is 93.4 cm³/mol. The Labute approximate surface area is 135 Å². The number of nitrogens with zero attached hydrogens (tertiary/aromatic N) is 1. The van der Waals surface area contributed by atoms with Crippen LogP contribution in [0.2, 0.25) is 0 Å². The van der Waals surface area contributed by atoms with E-state index in [2.05, 4.69) is 56.1 Å². The smallest absolute Gasteiger partial charge is 0.225 e. The van der Waals surface area contributed by atoms with E-state index in [9.17, 15) is 4.79 Å². The summed E-state index contributed by atoms with van der Waals surface area (Å²) in [5.41, 5.74) is 3.38. The van der Waals surface area contributed by atoms with Crippen LogP contribution in [0.5, 0.6) is 0 Å². The Kier molecular flexibility index (Phi) is 6.01. The zero-order valence-corrected chi connectivity index (χ0v) is 14.5. The molecule has 3 nitrogen and oxygen atoms in total. The molecule has 1 saturated heterocycles.